The van der Waals surface area contributed by atoms with Gasteiger partial charge in [-0.2, -0.15) is 0 Å². The van der Waals surface area contributed by atoms with Crippen LogP contribution in [0.1, 0.15) is 0 Å². The van der Waals surface area contributed by atoms with Gasteiger partial charge < -0.3 is 0 Å². The fraction of sp³-hybridized carbons (Fsp3) is 0. The summed E-state index contributed by atoms with van der Waals surface area (Å²) in [6, 6.07) is 8.57. The van der Waals surface area contributed by atoms with Gasteiger partial charge in [-0.3, -0.25) is 0 Å². The Labute approximate surface area is 101 Å². The fourth-order valence-corrected chi connectivity index (χ4v) is 1.89. The summed E-state index contributed by atoms with van der Waals surface area (Å²) >= 11 is 11.5. The Hall–Kier alpha value is -1.12. The van der Waals surface area contributed by atoms with Crippen molar-refractivity contribution in [2.24, 2.45) is 0 Å². The van der Waals surface area contributed by atoms with Crippen LogP contribution >= 0.6 is 23.2 Å². The Bertz CT molecular complexity index is 518. The van der Waals surface area contributed by atoms with Crippen molar-refractivity contribution in [1.82, 2.24) is 0 Å². The predicted octanol–water partition coefficient (Wildman–Crippen LogP) is 4.94. The van der Waals surface area contributed by atoms with Crippen LogP contribution in [0, 0.1) is 11.6 Å². The van der Waals surface area contributed by atoms with Gasteiger partial charge in [-0.25, -0.2) is 8.78 Å². The summed E-state index contributed by atoms with van der Waals surface area (Å²) in [5, 5.41) is 0.0954. The molecule has 0 aliphatic carbocycles. The highest BCUT2D eigenvalue weighted by Gasteiger charge is 2.15. The average molecular weight is 259 g/mol. The molecule has 16 heavy (non-hydrogen) atoms. The molecule has 0 saturated carbocycles. The van der Waals surface area contributed by atoms with E-state index in [9.17, 15) is 8.78 Å². The summed E-state index contributed by atoms with van der Waals surface area (Å²) in [6.45, 7) is 0. The molecule has 0 bridgehead atoms. The van der Waals surface area contributed by atoms with Crippen molar-refractivity contribution < 1.29 is 8.78 Å². The second-order valence-electron chi connectivity index (χ2n) is 3.20. The van der Waals surface area contributed by atoms with E-state index in [2.05, 4.69) is 0 Å². The molecule has 0 amide bonds. The lowest BCUT2D eigenvalue weighted by Crippen LogP contribution is -1.90. The maximum Gasteiger partial charge on any atom is 0.149 e. The van der Waals surface area contributed by atoms with Gasteiger partial charge in [0.1, 0.15) is 11.6 Å². The molecule has 0 heterocycles. The number of hydrogen-bond acceptors (Lipinski definition) is 0. The molecule has 0 spiro atoms. The molecule has 0 radical (unpaired) electrons. The number of rotatable bonds is 1. The molecular weight excluding hydrogens is 253 g/mol. The van der Waals surface area contributed by atoms with Gasteiger partial charge in [0.2, 0.25) is 0 Å². The first-order valence-corrected chi connectivity index (χ1v) is 5.25. The molecule has 0 nitrogen and oxygen atoms in total. The topological polar surface area (TPSA) is 0 Å². The molecule has 0 aromatic heterocycles. The molecule has 2 aromatic rings. The van der Waals surface area contributed by atoms with Gasteiger partial charge in [-0.15, -0.1) is 0 Å². The zero-order valence-corrected chi connectivity index (χ0v) is 9.49. The van der Waals surface area contributed by atoms with E-state index in [1.165, 1.54) is 30.3 Å². The van der Waals surface area contributed by atoms with Crippen molar-refractivity contribution in [3.63, 3.8) is 0 Å². The molecule has 0 aliphatic rings. The maximum absolute atomic E-state index is 13.7. The van der Waals surface area contributed by atoms with Crippen LogP contribution in [0.3, 0.4) is 0 Å². The number of benzene rings is 2. The summed E-state index contributed by atoms with van der Waals surface area (Å²) < 4.78 is 27.2. The minimum Gasteiger partial charge on any atom is -0.206 e. The molecule has 82 valence electrons. The van der Waals surface area contributed by atoms with Gasteiger partial charge in [0, 0.05) is 11.1 Å². The molecule has 0 aliphatic heterocycles. The first-order chi connectivity index (χ1) is 7.61. The summed E-state index contributed by atoms with van der Waals surface area (Å²) in [6.07, 6.45) is 0. The number of hydrogen-bond donors (Lipinski definition) is 0. The van der Waals surface area contributed by atoms with Gasteiger partial charge >= 0.3 is 0 Å². The first-order valence-electron chi connectivity index (χ1n) is 4.49. The lowest BCUT2D eigenvalue weighted by molar-refractivity contribution is 0.616. The third kappa shape index (κ3) is 1.91. The highest BCUT2D eigenvalue weighted by atomic mass is 35.5. The van der Waals surface area contributed by atoms with Crippen molar-refractivity contribution in [1.29, 1.82) is 0 Å². The smallest absolute Gasteiger partial charge is 0.149 e. The van der Waals surface area contributed by atoms with Crippen LogP contribution in [0.15, 0.2) is 36.4 Å². The van der Waals surface area contributed by atoms with E-state index >= 15 is 0 Å². The fourth-order valence-electron chi connectivity index (χ4n) is 1.45. The lowest BCUT2D eigenvalue weighted by Gasteiger charge is -2.07. The van der Waals surface area contributed by atoms with Crippen LogP contribution in [0.2, 0.25) is 10.0 Å². The highest BCUT2D eigenvalue weighted by molar-refractivity contribution is 6.34. The Balaban J connectivity index is 2.73. The van der Waals surface area contributed by atoms with Crippen LogP contribution < -0.4 is 0 Å². The minimum absolute atomic E-state index is 0.0316. The van der Waals surface area contributed by atoms with Crippen LogP contribution in [0.5, 0.6) is 0 Å². The first kappa shape index (κ1) is 11.4. The van der Waals surface area contributed by atoms with Gasteiger partial charge in [0.05, 0.1) is 10.0 Å². The van der Waals surface area contributed by atoms with Crippen molar-refractivity contribution in [2.45, 2.75) is 0 Å². The SMILES string of the molecule is Fc1cccc(Cl)c1-c1cccc(Cl)c1F. The minimum atomic E-state index is -0.670. The monoisotopic (exact) mass is 258 g/mol. The summed E-state index contributed by atoms with van der Waals surface area (Å²) in [7, 11) is 0. The van der Waals surface area contributed by atoms with Crippen molar-refractivity contribution in [3.8, 4) is 11.1 Å². The van der Waals surface area contributed by atoms with E-state index in [-0.39, 0.29) is 21.2 Å². The quantitative estimate of drug-likeness (QED) is 0.680. The van der Waals surface area contributed by atoms with E-state index in [4.69, 9.17) is 23.2 Å². The summed E-state index contributed by atoms with van der Waals surface area (Å²) in [4.78, 5) is 0. The van der Waals surface area contributed by atoms with E-state index in [1.54, 1.807) is 6.07 Å². The van der Waals surface area contributed by atoms with Gasteiger partial charge in [-0.05, 0) is 18.2 Å². The third-order valence-corrected chi connectivity index (χ3v) is 2.79. The summed E-state index contributed by atoms with van der Waals surface area (Å²) in [5.41, 5.74) is 0.0970. The molecule has 4 heteroatoms. The second kappa shape index (κ2) is 4.40. The third-order valence-electron chi connectivity index (χ3n) is 2.18. The van der Waals surface area contributed by atoms with Crippen molar-refractivity contribution in [3.05, 3.63) is 58.1 Å². The molecule has 2 aromatic carbocycles. The number of halogens is 4. The van der Waals surface area contributed by atoms with Crippen LogP contribution in [0.25, 0.3) is 11.1 Å². The van der Waals surface area contributed by atoms with E-state index in [1.807, 2.05) is 0 Å². The second-order valence-corrected chi connectivity index (χ2v) is 4.01. The molecule has 0 unspecified atom stereocenters. The van der Waals surface area contributed by atoms with E-state index < -0.39 is 11.6 Å². The van der Waals surface area contributed by atoms with Gasteiger partial charge in [0.15, 0.2) is 0 Å². The summed E-state index contributed by atoms with van der Waals surface area (Å²) in [5.74, 6) is -1.25. The lowest BCUT2D eigenvalue weighted by atomic mass is 10.0. The van der Waals surface area contributed by atoms with Crippen molar-refractivity contribution >= 4 is 23.2 Å². The molecule has 2 rings (SSSR count). The highest BCUT2D eigenvalue weighted by Crippen LogP contribution is 2.34. The molecule has 0 N–H and O–H groups in total. The molecular formula is C12H6Cl2F2. The molecule has 0 atom stereocenters. The van der Waals surface area contributed by atoms with Gasteiger partial charge in [0.25, 0.3) is 0 Å². The Morgan fingerprint density at radius 1 is 0.812 bits per heavy atom. The zero-order valence-electron chi connectivity index (χ0n) is 7.98. The van der Waals surface area contributed by atoms with E-state index in [0.29, 0.717) is 0 Å². The molecule has 0 fully saturated rings. The molecule has 0 saturated heterocycles. The van der Waals surface area contributed by atoms with Crippen LogP contribution in [-0.4, -0.2) is 0 Å². The Morgan fingerprint density at radius 3 is 2.12 bits per heavy atom. The average Bonchev–Trinajstić information content (AvgIpc) is 2.24. The maximum atomic E-state index is 13.7. The standard InChI is InChI=1S/C12H6Cl2F2/c13-8-4-2-6-10(15)11(8)7-3-1-5-9(14)12(7)16/h1-6H. The van der Waals surface area contributed by atoms with E-state index in [0.717, 1.165) is 0 Å². The van der Waals surface area contributed by atoms with Crippen molar-refractivity contribution in [2.75, 3.05) is 0 Å². The largest absolute Gasteiger partial charge is 0.206 e. The van der Waals surface area contributed by atoms with Crippen LogP contribution in [-0.2, 0) is 0 Å². The Kier molecular flexibility index (Phi) is 3.13. The normalized spacial score (nSPS) is 10.5. The zero-order chi connectivity index (χ0) is 11.7. The van der Waals surface area contributed by atoms with Gasteiger partial charge in [-0.1, -0.05) is 41.4 Å². The van der Waals surface area contributed by atoms with Crippen LogP contribution in [0.4, 0.5) is 8.78 Å². The Morgan fingerprint density at radius 2 is 1.44 bits per heavy atom. The predicted molar refractivity (Wildman–Crippen MR) is 61.8 cm³/mol.